The first-order chi connectivity index (χ1) is 6.24. The van der Waals surface area contributed by atoms with Gasteiger partial charge in [-0.2, -0.15) is 0 Å². The van der Waals surface area contributed by atoms with Gasteiger partial charge in [-0.25, -0.2) is 5.48 Å². The Bertz CT molecular complexity index is 162. The average Bonchev–Trinajstić information content (AvgIpc) is 2.15. The van der Waals surface area contributed by atoms with Gasteiger partial charge in [0.25, 0.3) is 0 Å². The highest BCUT2D eigenvalue weighted by molar-refractivity contribution is 5.77. The molecule has 1 N–H and O–H groups in total. The fourth-order valence-corrected chi connectivity index (χ4v) is 1.75. The van der Waals surface area contributed by atoms with Crippen LogP contribution in [-0.4, -0.2) is 12.5 Å². The lowest BCUT2D eigenvalue weighted by atomic mass is 9.83. The van der Waals surface area contributed by atoms with Crippen LogP contribution in [0.2, 0.25) is 0 Å². The summed E-state index contributed by atoms with van der Waals surface area (Å²) in [6, 6.07) is 0. The van der Waals surface area contributed by atoms with Gasteiger partial charge in [0.05, 0.1) is 6.61 Å². The Morgan fingerprint density at radius 2 is 2.00 bits per heavy atom. The van der Waals surface area contributed by atoms with Crippen LogP contribution in [0.4, 0.5) is 0 Å². The number of carbonyl (C=O) groups is 1. The van der Waals surface area contributed by atoms with Gasteiger partial charge < -0.3 is 0 Å². The molecule has 0 unspecified atom stereocenters. The van der Waals surface area contributed by atoms with Gasteiger partial charge in [0.15, 0.2) is 0 Å². The smallest absolute Gasteiger partial charge is 0.246 e. The summed E-state index contributed by atoms with van der Waals surface area (Å²) in [5, 5.41) is 0. The minimum absolute atomic E-state index is 0.0637. The number of carbonyl (C=O) groups excluding carboxylic acids is 1. The Labute approximate surface area is 79.8 Å². The van der Waals surface area contributed by atoms with E-state index in [-0.39, 0.29) is 11.8 Å². The van der Waals surface area contributed by atoms with E-state index in [1.807, 2.05) is 6.92 Å². The van der Waals surface area contributed by atoms with Gasteiger partial charge in [0.2, 0.25) is 5.91 Å². The zero-order valence-electron chi connectivity index (χ0n) is 8.51. The van der Waals surface area contributed by atoms with E-state index in [0.29, 0.717) is 6.61 Å². The number of rotatable bonds is 3. The Morgan fingerprint density at radius 3 is 2.54 bits per heavy atom. The van der Waals surface area contributed by atoms with Crippen molar-refractivity contribution in [2.75, 3.05) is 6.61 Å². The van der Waals surface area contributed by atoms with Crippen LogP contribution in [0.1, 0.15) is 39.5 Å². The Morgan fingerprint density at radius 1 is 1.38 bits per heavy atom. The maximum Gasteiger partial charge on any atom is 0.246 e. The zero-order chi connectivity index (χ0) is 9.68. The molecule has 0 bridgehead atoms. The molecule has 0 aromatic carbocycles. The van der Waals surface area contributed by atoms with Crippen LogP contribution in [-0.2, 0) is 9.63 Å². The van der Waals surface area contributed by atoms with E-state index in [0.717, 1.165) is 18.8 Å². The van der Waals surface area contributed by atoms with Crippen molar-refractivity contribution in [2.45, 2.75) is 39.5 Å². The summed E-state index contributed by atoms with van der Waals surface area (Å²) in [5.74, 6) is 1.03. The summed E-state index contributed by atoms with van der Waals surface area (Å²) in [6.07, 6.45) is 4.37. The van der Waals surface area contributed by atoms with Crippen LogP contribution in [0, 0.1) is 11.8 Å². The average molecular weight is 185 g/mol. The molecular weight excluding hydrogens is 166 g/mol. The standard InChI is InChI=1S/C10H19NO2/c1-3-13-11-10(12)9-6-4-8(2)5-7-9/h8-9H,3-7H2,1-2H3,(H,11,12)/t8-,9+. The summed E-state index contributed by atoms with van der Waals surface area (Å²) in [6.45, 7) is 4.65. The van der Waals surface area contributed by atoms with E-state index in [9.17, 15) is 4.79 Å². The van der Waals surface area contributed by atoms with E-state index < -0.39 is 0 Å². The minimum Gasteiger partial charge on any atom is -0.274 e. The highest BCUT2D eigenvalue weighted by Gasteiger charge is 2.24. The summed E-state index contributed by atoms with van der Waals surface area (Å²) in [4.78, 5) is 16.3. The molecule has 76 valence electrons. The van der Waals surface area contributed by atoms with E-state index in [1.54, 1.807) is 0 Å². The van der Waals surface area contributed by atoms with Crippen LogP contribution < -0.4 is 5.48 Å². The number of amides is 1. The highest BCUT2D eigenvalue weighted by Crippen LogP contribution is 2.28. The van der Waals surface area contributed by atoms with Crippen LogP contribution in [0.3, 0.4) is 0 Å². The molecule has 1 amide bonds. The molecule has 0 aromatic rings. The molecule has 0 saturated heterocycles. The fraction of sp³-hybridized carbons (Fsp3) is 0.900. The van der Waals surface area contributed by atoms with Crippen molar-refractivity contribution < 1.29 is 9.63 Å². The third-order valence-corrected chi connectivity index (χ3v) is 2.70. The van der Waals surface area contributed by atoms with Gasteiger partial charge in [0, 0.05) is 5.92 Å². The maximum absolute atomic E-state index is 11.4. The second kappa shape index (κ2) is 5.22. The molecule has 1 aliphatic carbocycles. The van der Waals surface area contributed by atoms with Crippen molar-refractivity contribution >= 4 is 5.91 Å². The van der Waals surface area contributed by atoms with Crippen molar-refractivity contribution in [3.8, 4) is 0 Å². The van der Waals surface area contributed by atoms with Gasteiger partial charge in [-0.1, -0.05) is 6.92 Å². The quantitative estimate of drug-likeness (QED) is 0.682. The number of hydrogen-bond acceptors (Lipinski definition) is 2. The van der Waals surface area contributed by atoms with Crippen molar-refractivity contribution in [3.05, 3.63) is 0 Å². The van der Waals surface area contributed by atoms with Crippen LogP contribution in [0.25, 0.3) is 0 Å². The molecule has 0 radical (unpaired) electrons. The topological polar surface area (TPSA) is 38.3 Å². The number of nitrogens with one attached hydrogen (secondary N) is 1. The van der Waals surface area contributed by atoms with Gasteiger partial charge >= 0.3 is 0 Å². The molecule has 0 aromatic heterocycles. The Hall–Kier alpha value is -0.570. The molecule has 0 heterocycles. The predicted molar refractivity (Wildman–Crippen MR) is 50.9 cm³/mol. The molecule has 1 rings (SSSR count). The Kier molecular flexibility index (Phi) is 4.22. The first-order valence-electron chi connectivity index (χ1n) is 5.15. The van der Waals surface area contributed by atoms with Gasteiger partial charge in [-0.3, -0.25) is 9.63 Å². The summed E-state index contributed by atoms with van der Waals surface area (Å²) in [5.41, 5.74) is 2.48. The van der Waals surface area contributed by atoms with Crippen LogP contribution >= 0.6 is 0 Å². The number of hydroxylamine groups is 1. The maximum atomic E-state index is 11.4. The SMILES string of the molecule is CCONC(=O)[C@H]1CC[C@@H](C)CC1. The molecule has 13 heavy (non-hydrogen) atoms. The predicted octanol–water partition coefficient (Wildman–Crippen LogP) is 1.88. The lowest BCUT2D eigenvalue weighted by Gasteiger charge is -2.24. The van der Waals surface area contributed by atoms with Crippen LogP contribution in [0.15, 0.2) is 0 Å². The largest absolute Gasteiger partial charge is 0.274 e. The minimum atomic E-state index is 0.0637. The summed E-state index contributed by atoms with van der Waals surface area (Å²) >= 11 is 0. The molecular formula is C10H19NO2. The third kappa shape index (κ3) is 3.35. The second-order valence-electron chi connectivity index (χ2n) is 3.86. The molecule has 0 spiro atoms. The molecule has 0 atom stereocenters. The second-order valence-corrected chi connectivity index (χ2v) is 3.86. The Balaban J connectivity index is 2.23. The van der Waals surface area contributed by atoms with Crippen LogP contribution in [0.5, 0.6) is 0 Å². The molecule has 1 aliphatic rings. The van der Waals surface area contributed by atoms with Crippen molar-refractivity contribution in [3.63, 3.8) is 0 Å². The number of hydrogen-bond donors (Lipinski definition) is 1. The highest BCUT2D eigenvalue weighted by atomic mass is 16.6. The molecule has 1 fully saturated rings. The summed E-state index contributed by atoms with van der Waals surface area (Å²) < 4.78 is 0. The van der Waals surface area contributed by atoms with Gasteiger partial charge in [-0.15, -0.1) is 0 Å². The first-order valence-corrected chi connectivity index (χ1v) is 5.15. The van der Waals surface area contributed by atoms with Gasteiger partial charge in [0.1, 0.15) is 0 Å². The van der Waals surface area contributed by atoms with Gasteiger partial charge in [-0.05, 0) is 38.5 Å². The lowest BCUT2D eigenvalue weighted by molar-refractivity contribution is -0.138. The first kappa shape index (κ1) is 10.5. The monoisotopic (exact) mass is 185 g/mol. The van der Waals surface area contributed by atoms with Crippen molar-refractivity contribution in [2.24, 2.45) is 11.8 Å². The summed E-state index contributed by atoms with van der Waals surface area (Å²) in [7, 11) is 0. The normalized spacial score (nSPS) is 28.5. The van der Waals surface area contributed by atoms with Crippen molar-refractivity contribution in [1.29, 1.82) is 0 Å². The van der Waals surface area contributed by atoms with Crippen molar-refractivity contribution in [1.82, 2.24) is 5.48 Å². The molecule has 1 saturated carbocycles. The third-order valence-electron chi connectivity index (χ3n) is 2.70. The lowest BCUT2D eigenvalue weighted by Crippen LogP contribution is -2.32. The molecule has 3 heteroatoms. The zero-order valence-corrected chi connectivity index (χ0v) is 8.51. The van der Waals surface area contributed by atoms with E-state index >= 15 is 0 Å². The fourth-order valence-electron chi connectivity index (χ4n) is 1.75. The van der Waals surface area contributed by atoms with E-state index in [4.69, 9.17) is 4.84 Å². The molecule has 3 nitrogen and oxygen atoms in total. The van der Waals surface area contributed by atoms with E-state index in [2.05, 4.69) is 12.4 Å². The molecule has 0 aliphatic heterocycles. The van der Waals surface area contributed by atoms with E-state index in [1.165, 1.54) is 12.8 Å².